The van der Waals surface area contributed by atoms with E-state index in [4.69, 9.17) is 9.47 Å². The third kappa shape index (κ3) is 5.47. The van der Waals surface area contributed by atoms with Crippen LogP contribution in [0.4, 0.5) is 5.69 Å². The maximum absolute atomic E-state index is 14.9. The molecule has 2 amide bonds. The number of carbonyl (C=O) groups is 3. The zero-order valence-corrected chi connectivity index (χ0v) is 26.2. The van der Waals surface area contributed by atoms with Gasteiger partial charge in [0.25, 0.3) is 5.91 Å². The molecule has 3 saturated heterocycles. The number of anilines is 1. The predicted molar refractivity (Wildman–Crippen MR) is 171 cm³/mol. The largest absolute Gasteiger partial charge is 0.465 e. The van der Waals surface area contributed by atoms with Crippen LogP contribution in [0.25, 0.3) is 10.8 Å². The number of rotatable bonds is 14. The molecule has 3 fully saturated rings. The van der Waals surface area contributed by atoms with Gasteiger partial charge >= 0.3 is 5.97 Å². The van der Waals surface area contributed by atoms with Crippen molar-refractivity contribution in [1.82, 2.24) is 4.90 Å². The molecule has 5 rings (SSSR count). The maximum atomic E-state index is 14.9. The summed E-state index contributed by atoms with van der Waals surface area (Å²) in [5, 5.41) is 12.6. The monoisotopic (exact) mass is 602 g/mol. The van der Waals surface area contributed by atoms with Crippen molar-refractivity contribution in [2.75, 3.05) is 24.7 Å². The number of carbonyl (C=O) groups excluding carboxylic acids is 3. The average Bonchev–Trinajstić information content (AvgIpc) is 3.58. The van der Waals surface area contributed by atoms with Crippen LogP contribution in [0.1, 0.15) is 59.3 Å². The second-order valence-electron chi connectivity index (χ2n) is 13.2. The number of aliphatic hydroxyl groups is 1. The van der Waals surface area contributed by atoms with Crippen LogP contribution >= 0.6 is 0 Å². The molecular weight excluding hydrogens is 556 g/mol. The molecular formula is C36H46N2O6. The van der Waals surface area contributed by atoms with E-state index in [0.29, 0.717) is 31.4 Å². The molecule has 236 valence electrons. The fourth-order valence-electron chi connectivity index (χ4n) is 7.81. The summed E-state index contributed by atoms with van der Waals surface area (Å²) >= 11 is 0. The Bertz CT molecular complexity index is 1420. The Morgan fingerprint density at radius 2 is 1.89 bits per heavy atom. The molecule has 2 aromatic rings. The minimum Gasteiger partial charge on any atom is -0.465 e. The summed E-state index contributed by atoms with van der Waals surface area (Å²) in [4.78, 5) is 46.4. The van der Waals surface area contributed by atoms with Gasteiger partial charge in [0.15, 0.2) is 0 Å². The molecule has 8 heteroatoms. The molecule has 1 spiro atoms. The minimum atomic E-state index is -1.21. The van der Waals surface area contributed by atoms with Crippen LogP contribution in [0.15, 0.2) is 67.8 Å². The summed E-state index contributed by atoms with van der Waals surface area (Å²) in [7, 11) is 0. The van der Waals surface area contributed by atoms with Gasteiger partial charge in [-0.2, -0.15) is 0 Å². The van der Waals surface area contributed by atoms with Crippen molar-refractivity contribution in [2.24, 2.45) is 17.8 Å². The first-order valence-electron chi connectivity index (χ1n) is 15.9. The summed E-state index contributed by atoms with van der Waals surface area (Å²) in [6, 6.07) is 12.1. The Labute approximate surface area is 260 Å². The molecule has 0 aliphatic carbocycles. The molecule has 0 radical (unpaired) electrons. The zero-order valence-electron chi connectivity index (χ0n) is 26.2. The number of esters is 1. The number of hydrogen-bond acceptors (Lipinski definition) is 6. The fraction of sp³-hybridized carbons (Fsp3) is 0.528. The predicted octanol–water partition coefficient (Wildman–Crippen LogP) is 5.43. The standard InChI is InChI=1S/C36H46N2O6/c1-6-8-9-12-20-43-34(42)30-29-32(40)38(28(23-39)21-24(3)4)31(36(29)18-17-35(30,5)44-36)33(41)37(19-7-2)27-16-15-25-13-10-11-14-26(25)22-27/h6-7,10-11,13-16,22,24,28-31,39H,1-2,8-9,12,17-21,23H2,3-5H3/t28-,29+,30-,31?,35+,36?/m1/s1. The Hall–Kier alpha value is -3.49. The molecule has 3 aliphatic heterocycles. The quantitative estimate of drug-likeness (QED) is 0.176. The number of likely N-dealkylation sites (tertiary alicyclic amines) is 1. The number of ether oxygens (including phenoxy) is 2. The highest BCUT2D eigenvalue weighted by atomic mass is 16.6. The van der Waals surface area contributed by atoms with E-state index in [1.165, 1.54) is 0 Å². The van der Waals surface area contributed by atoms with Crippen LogP contribution in [0, 0.1) is 17.8 Å². The number of unbranched alkanes of at least 4 members (excludes halogenated alkanes) is 2. The molecule has 3 aliphatic rings. The normalized spacial score (nSPS) is 27.9. The number of benzene rings is 2. The first-order valence-corrected chi connectivity index (χ1v) is 15.9. The van der Waals surface area contributed by atoms with Crippen molar-refractivity contribution in [3.05, 3.63) is 67.8 Å². The Morgan fingerprint density at radius 1 is 1.14 bits per heavy atom. The molecule has 8 nitrogen and oxygen atoms in total. The number of hydrogen-bond donors (Lipinski definition) is 1. The van der Waals surface area contributed by atoms with Crippen molar-refractivity contribution in [1.29, 1.82) is 0 Å². The summed E-state index contributed by atoms with van der Waals surface area (Å²) < 4.78 is 12.5. The van der Waals surface area contributed by atoms with Crippen molar-refractivity contribution >= 4 is 34.2 Å². The van der Waals surface area contributed by atoms with Gasteiger partial charge in [0.05, 0.1) is 30.8 Å². The first kappa shape index (κ1) is 31.9. The highest BCUT2D eigenvalue weighted by molar-refractivity contribution is 6.05. The minimum absolute atomic E-state index is 0.157. The highest BCUT2D eigenvalue weighted by Gasteiger charge is 2.79. The number of allylic oxidation sites excluding steroid dienone is 1. The average molecular weight is 603 g/mol. The van der Waals surface area contributed by atoms with E-state index in [1.807, 2.05) is 69.3 Å². The van der Waals surface area contributed by atoms with E-state index < -0.39 is 41.1 Å². The van der Waals surface area contributed by atoms with E-state index in [2.05, 4.69) is 13.2 Å². The van der Waals surface area contributed by atoms with Crippen LogP contribution in [0.2, 0.25) is 0 Å². The molecule has 2 aromatic carbocycles. The summed E-state index contributed by atoms with van der Waals surface area (Å²) in [5.74, 6) is -2.64. The van der Waals surface area contributed by atoms with E-state index in [9.17, 15) is 19.5 Å². The van der Waals surface area contributed by atoms with E-state index >= 15 is 0 Å². The van der Waals surface area contributed by atoms with E-state index in [0.717, 1.165) is 23.6 Å². The van der Waals surface area contributed by atoms with Gasteiger partial charge in [-0.1, -0.05) is 56.3 Å². The lowest BCUT2D eigenvalue weighted by Gasteiger charge is -2.40. The van der Waals surface area contributed by atoms with Crippen LogP contribution < -0.4 is 4.90 Å². The topological polar surface area (TPSA) is 96.4 Å². The molecule has 1 N–H and O–H groups in total. The summed E-state index contributed by atoms with van der Waals surface area (Å²) in [5.41, 5.74) is -1.46. The highest BCUT2D eigenvalue weighted by Crippen LogP contribution is 2.64. The molecule has 6 atom stereocenters. The number of fused-ring (bicyclic) bond motifs is 2. The van der Waals surface area contributed by atoms with Gasteiger partial charge in [-0.05, 0) is 74.3 Å². The van der Waals surface area contributed by atoms with Gasteiger partial charge in [0.1, 0.15) is 17.6 Å². The summed E-state index contributed by atoms with van der Waals surface area (Å²) in [6.45, 7) is 13.7. The SMILES string of the molecule is C=CCCCCOC(=O)[C@H]1[C@H]2C(=O)N([C@@H](CO)CC(C)C)C(C(=O)N(CC=C)c3ccc4ccccc4c3)C23CC[C@]1(C)O3. The second-order valence-corrected chi connectivity index (χ2v) is 13.2. The number of aliphatic hydroxyl groups excluding tert-OH is 1. The lowest BCUT2D eigenvalue weighted by Crippen LogP contribution is -2.59. The van der Waals surface area contributed by atoms with Crippen LogP contribution in [0.5, 0.6) is 0 Å². The van der Waals surface area contributed by atoms with Gasteiger partial charge in [-0.25, -0.2) is 0 Å². The van der Waals surface area contributed by atoms with Gasteiger partial charge in [-0.15, -0.1) is 13.2 Å². The van der Waals surface area contributed by atoms with Crippen molar-refractivity contribution in [3.8, 4) is 0 Å². The molecule has 3 heterocycles. The zero-order chi connectivity index (χ0) is 31.6. The molecule has 44 heavy (non-hydrogen) atoms. The lowest BCUT2D eigenvalue weighted by atomic mass is 9.66. The van der Waals surface area contributed by atoms with Crippen LogP contribution in [0.3, 0.4) is 0 Å². The Kier molecular flexibility index (Phi) is 9.33. The third-order valence-electron chi connectivity index (χ3n) is 9.72. The molecule has 2 bridgehead atoms. The number of amides is 2. The molecule has 2 unspecified atom stereocenters. The van der Waals surface area contributed by atoms with Crippen LogP contribution in [-0.4, -0.2) is 70.8 Å². The van der Waals surface area contributed by atoms with E-state index in [1.54, 1.807) is 15.9 Å². The van der Waals surface area contributed by atoms with Crippen molar-refractivity contribution in [2.45, 2.75) is 82.6 Å². The lowest BCUT2D eigenvalue weighted by molar-refractivity contribution is -0.160. The van der Waals surface area contributed by atoms with Gasteiger partial charge in [-0.3, -0.25) is 14.4 Å². The van der Waals surface area contributed by atoms with Gasteiger partial charge in [0, 0.05) is 12.2 Å². The van der Waals surface area contributed by atoms with Crippen molar-refractivity contribution in [3.63, 3.8) is 0 Å². The second kappa shape index (κ2) is 12.9. The van der Waals surface area contributed by atoms with E-state index in [-0.39, 0.29) is 37.5 Å². The molecule has 0 aromatic heterocycles. The Balaban J connectivity index is 1.56. The maximum Gasteiger partial charge on any atom is 0.312 e. The van der Waals surface area contributed by atoms with Gasteiger partial charge in [0.2, 0.25) is 5.91 Å². The van der Waals surface area contributed by atoms with Gasteiger partial charge < -0.3 is 24.4 Å². The van der Waals surface area contributed by atoms with Crippen LogP contribution in [-0.2, 0) is 23.9 Å². The summed E-state index contributed by atoms with van der Waals surface area (Å²) in [6.07, 6.45) is 7.37. The first-order chi connectivity index (χ1) is 21.1. The smallest absolute Gasteiger partial charge is 0.312 e. The Morgan fingerprint density at radius 3 is 2.57 bits per heavy atom. The van der Waals surface area contributed by atoms with Crippen molar-refractivity contribution < 1.29 is 29.0 Å². The third-order valence-corrected chi connectivity index (χ3v) is 9.72. The number of nitrogens with zero attached hydrogens (tertiary/aromatic N) is 2. The molecule has 0 saturated carbocycles. The fourth-order valence-corrected chi connectivity index (χ4v) is 7.81.